The largest absolute Gasteiger partial charge is 0.493 e. The molecule has 0 bridgehead atoms. The van der Waals surface area contributed by atoms with Gasteiger partial charge in [0.15, 0.2) is 11.5 Å². The van der Waals surface area contributed by atoms with Gasteiger partial charge in [0.05, 0.1) is 24.8 Å². The molecule has 0 aliphatic rings. The summed E-state index contributed by atoms with van der Waals surface area (Å²) in [5.41, 5.74) is 8.00. The molecular weight excluding hydrogens is 322 g/mol. The van der Waals surface area contributed by atoms with Crippen LogP contribution in [0.1, 0.15) is 5.56 Å². The molecule has 0 saturated heterocycles. The molecule has 0 radical (unpaired) electrons. The molecule has 3 rings (SSSR count). The molecule has 0 atom stereocenters. The normalized spacial score (nSPS) is 10.4. The minimum absolute atomic E-state index is 0.0197. The minimum Gasteiger partial charge on any atom is -0.493 e. The molecule has 0 saturated carbocycles. The number of ether oxygens (including phenoxy) is 2. The Morgan fingerprint density at radius 3 is 2.38 bits per heavy atom. The van der Waals surface area contributed by atoms with Crippen LogP contribution >= 0.6 is 11.3 Å². The van der Waals surface area contributed by atoms with Gasteiger partial charge in [-0.15, -0.1) is 11.3 Å². The number of thiophene rings is 1. The number of hydrogen-bond acceptors (Lipinski definition) is 5. The summed E-state index contributed by atoms with van der Waals surface area (Å²) in [6, 6.07) is 13.6. The number of aromatic nitrogens is 1. The van der Waals surface area contributed by atoms with E-state index >= 15 is 0 Å². The molecule has 1 aromatic carbocycles. The van der Waals surface area contributed by atoms with Gasteiger partial charge in [0.1, 0.15) is 5.84 Å². The van der Waals surface area contributed by atoms with Crippen LogP contribution in [0.3, 0.4) is 0 Å². The van der Waals surface area contributed by atoms with Crippen LogP contribution in [0.2, 0.25) is 0 Å². The summed E-state index contributed by atoms with van der Waals surface area (Å²) in [6.07, 6.45) is 1.62. The van der Waals surface area contributed by atoms with Crippen molar-refractivity contribution < 1.29 is 9.47 Å². The Morgan fingerprint density at radius 1 is 1.00 bits per heavy atom. The van der Waals surface area contributed by atoms with Crippen molar-refractivity contribution >= 4 is 17.2 Å². The van der Waals surface area contributed by atoms with Gasteiger partial charge in [-0.25, -0.2) is 0 Å². The van der Waals surface area contributed by atoms with E-state index in [1.54, 1.807) is 37.8 Å². The lowest BCUT2D eigenvalue weighted by Crippen LogP contribution is -2.10. The zero-order valence-corrected chi connectivity index (χ0v) is 14.2. The lowest BCUT2D eigenvalue weighted by Gasteiger charge is -2.08. The maximum absolute atomic E-state index is 7.42. The Bertz CT molecular complexity index is 872. The van der Waals surface area contributed by atoms with Gasteiger partial charge in [-0.1, -0.05) is 0 Å². The van der Waals surface area contributed by atoms with Crippen molar-refractivity contribution in [3.05, 3.63) is 54.2 Å². The fourth-order valence-electron chi connectivity index (χ4n) is 2.32. The second-order valence-electron chi connectivity index (χ2n) is 5.08. The van der Waals surface area contributed by atoms with Crippen LogP contribution in [0.25, 0.3) is 21.0 Å². The van der Waals surface area contributed by atoms with Gasteiger partial charge in [0.2, 0.25) is 0 Å². The molecule has 0 amide bonds. The van der Waals surface area contributed by atoms with E-state index in [0.29, 0.717) is 17.1 Å². The van der Waals surface area contributed by atoms with Crippen molar-refractivity contribution in [2.45, 2.75) is 0 Å². The predicted octanol–water partition coefficient (Wildman–Crippen LogP) is 3.78. The zero-order valence-electron chi connectivity index (χ0n) is 13.4. The lowest BCUT2D eigenvalue weighted by molar-refractivity contribution is 0.355. The molecule has 0 spiro atoms. The average molecular weight is 339 g/mol. The molecule has 0 aliphatic heterocycles. The van der Waals surface area contributed by atoms with E-state index in [1.807, 2.05) is 30.3 Å². The number of nitrogens with two attached hydrogens (primary N) is 1. The molecule has 0 fully saturated rings. The van der Waals surface area contributed by atoms with E-state index in [0.717, 1.165) is 21.0 Å². The van der Waals surface area contributed by atoms with Gasteiger partial charge in [-0.05, 0) is 48.0 Å². The first-order valence-electron chi connectivity index (χ1n) is 7.25. The van der Waals surface area contributed by atoms with Crippen LogP contribution in [0.4, 0.5) is 0 Å². The number of benzene rings is 1. The molecule has 5 nitrogen and oxygen atoms in total. The van der Waals surface area contributed by atoms with E-state index in [1.165, 1.54) is 0 Å². The fraction of sp³-hybridized carbons (Fsp3) is 0.111. The number of hydrogen-bond donors (Lipinski definition) is 2. The van der Waals surface area contributed by atoms with Gasteiger partial charge < -0.3 is 15.2 Å². The van der Waals surface area contributed by atoms with Crippen molar-refractivity contribution in [1.29, 1.82) is 5.41 Å². The highest BCUT2D eigenvalue weighted by molar-refractivity contribution is 7.18. The molecule has 122 valence electrons. The second kappa shape index (κ2) is 6.72. The fourth-order valence-corrected chi connectivity index (χ4v) is 3.30. The highest BCUT2D eigenvalue weighted by Crippen LogP contribution is 2.37. The minimum atomic E-state index is 0.0197. The van der Waals surface area contributed by atoms with E-state index in [-0.39, 0.29) is 5.84 Å². The first-order chi connectivity index (χ1) is 11.6. The number of pyridine rings is 1. The van der Waals surface area contributed by atoms with Crippen LogP contribution in [0.15, 0.2) is 48.7 Å². The molecule has 3 aromatic rings. The summed E-state index contributed by atoms with van der Waals surface area (Å²) in [5, 5.41) is 7.42. The number of nitrogens with one attached hydrogen (secondary N) is 1. The maximum atomic E-state index is 7.42. The van der Waals surface area contributed by atoms with Crippen molar-refractivity contribution in [1.82, 2.24) is 4.98 Å². The van der Waals surface area contributed by atoms with E-state index < -0.39 is 0 Å². The Labute approximate surface area is 144 Å². The van der Waals surface area contributed by atoms with E-state index in [4.69, 9.17) is 20.6 Å². The Kier molecular flexibility index (Phi) is 4.48. The summed E-state index contributed by atoms with van der Waals surface area (Å²) < 4.78 is 10.6. The average Bonchev–Trinajstić information content (AvgIpc) is 3.11. The third-order valence-electron chi connectivity index (χ3n) is 3.60. The van der Waals surface area contributed by atoms with Crippen LogP contribution in [0, 0.1) is 5.41 Å². The van der Waals surface area contributed by atoms with Gasteiger partial charge in [-0.3, -0.25) is 10.4 Å². The smallest absolute Gasteiger partial charge is 0.161 e. The first-order valence-corrected chi connectivity index (χ1v) is 8.07. The van der Waals surface area contributed by atoms with Crippen molar-refractivity contribution in [3.8, 4) is 32.5 Å². The highest BCUT2D eigenvalue weighted by Gasteiger charge is 2.10. The first kappa shape index (κ1) is 16.0. The molecule has 2 aromatic heterocycles. The topological polar surface area (TPSA) is 81.2 Å². The number of nitrogen functional groups attached to an aromatic ring is 1. The van der Waals surface area contributed by atoms with E-state index in [2.05, 4.69) is 11.1 Å². The third-order valence-corrected chi connectivity index (χ3v) is 4.76. The van der Waals surface area contributed by atoms with Crippen LogP contribution in [-0.2, 0) is 0 Å². The van der Waals surface area contributed by atoms with Gasteiger partial charge in [0, 0.05) is 16.6 Å². The number of methoxy groups -OCH3 is 2. The van der Waals surface area contributed by atoms with Gasteiger partial charge in [-0.2, -0.15) is 0 Å². The molecule has 3 N–H and O–H groups in total. The summed E-state index contributed by atoms with van der Waals surface area (Å²) in [6.45, 7) is 0. The van der Waals surface area contributed by atoms with E-state index in [9.17, 15) is 0 Å². The number of amidine groups is 1. The maximum Gasteiger partial charge on any atom is 0.161 e. The Morgan fingerprint density at radius 2 is 1.75 bits per heavy atom. The molecule has 6 heteroatoms. The number of rotatable bonds is 5. The zero-order chi connectivity index (χ0) is 17.1. The second-order valence-corrected chi connectivity index (χ2v) is 6.16. The monoisotopic (exact) mass is 339 g/mol. The predicted molar refractivity (Wildman–Crippen MR) is 97.1 cm³/mol. The Hall–Kier alpha value is -2.86. The van der Waals surface area contributed by atoms with Crippen LogP contribution < -0.4 is 15.2 Å². The summed E-state index contributed by atoms with van der Waals surface area (Å²) >= 11 is 1.64. The number of nitrogens with zero attached hydrogens (tertiary/aromatic N) is 1. The van der Waals surface area contributed by atoms with Crippen LogP contribution in [0.5, 0.6) is 11.5 Å². The highest BCUT2D eigenvalue weighted by atomic mass is 32.1. The third kappa shape index (κ3) is 3.09. The standard InChI is InChI=1S/C18H17N3O2S/c1-22-14-6-4-11(9-15(14)23-2)16-7-8-17(24-16)13-5-3-12(10-21-13)18(19)20/h3-10H,1-2H3,(H3,19,20). The van der Waals surface area contributed by atoms with Crippen molar-refractivity contribution in [3.63, 3.8) is 0 Å². The lowest BCUT2D eigenvalue weighted by atomic mass is 10.1. The summed E-state index contributed by atoms with van der Waals surface area (Å²) in [4.78, 5) is 6.55. The SMILES string of the molecule is COc1ccc(-c2ccc(-c3ccc(C(=N)N)cn3)s2)cc1OC. The van der Waals surface area contributed by atoms with Gasteiger partial charge >= 0.3 is 0 Å². The molecule has 0 unspecified atom stereocenters. The van der Waals surface area contributed by atoms with Crippen LogP contribution in [-0.4, -0.2) is 25.0 Å². The summed E-state index contributed by atoms with van der Waals surface area (Å²) in [5.74, 6) is 1.43. The van der Waals surface area contributed by atoms with Crippen molar-refractivity contribution in [2.24, 2.45) is 5.73 Å². The van der Waals surface area contributed by atoms with Gasteiger partial charge in [0.25, 0.3) is 0 Å². The molecular formula is C18H17N3O2S. The Balaban J connectivity index is 1.91. The summed E-state index contributed by atoms with van der Waals surface area (Å²) in [7, 11) is 3.25. The quantitative estimate of drug-likeness (QED) is 0.547. The molecule has 2 heterocycles. The molecule has 0 aliphatic carbocycles. The molecule has 24 heavy (non-hydrogen) atoms. The van der Waals surface area contributed by atoms with Crippen molar-refractivity contribution in [2.75, 3.05) is 14.2 Å².